The monoisotopic (exact) mass is 428 g/mol. The summed E-state index contributed by atoms with van der Waals surface area (Å²) < 4.78 is 0. The topological polar surface area (TPSA) is 101 Å². The lowest BCUT2D eigenvalue weighted by molar-refractivity contribution is 0.435. The molecular weight excluding hydrogens is 404 g/mol. The summed E-state index contributed by atoms with van der Waals surface area (Å²) >= 11 is 0. The Bertz CT molecular complexity index is 1210. The van der Waals surface area contributed by atoms with E-state index in [1.165, 1.54) is 0 Å². The van der Waals surface area contributed by atoms with Crippen molar-refractivity contribution in [3.8, 4) is 28.7 Å². The highest BCUT2D eigenvalue weighted by Crippen LogP contribution is 2.38. The van der Waals surface area contributed by atoms with E-state index < -0.39 is 0 Å². The van der Waals surface area contributed by atoms with Crippen LogP contribution in [0.4, 0.5) is 0 Å². The molecule has 0 saturated heterocycles. The summed E-state index contributed by atoms with van der Waals surface area (Å²) in [7, 11) is 0. The number of hydrogen-bond acceptors (Lipinski definition) is 5. The van der Waals surface area contributed by atoms with Gasteiger partial charge in [0.1, 0.15) is 28.7 Å². The largest absolute Gasteiger partial charge is 0.508 e. The summed E-state index contributed by atoms with van der Waals surface area (Å²) in [4.78, 5) is 0. The van der Waals surface area contributed by atoms with Crippen molar-refractivity contribution >= 4 is 0 Å². The van der Waals surface area contributed by atoms with Gasteiger partial charge < -0.3 is 25.5 Å². The van der Waals surface area contributed by atoms with Crippen molar-refractivity contribution in [2.75, 3.05) is 0 Å². The van der Waals surface area contributed by atoms with Gasteiger partial charge in [0.25, 0.3) is 0 Å². The highest BCUT2D eigenvalue weighted by atomic mass is 16.3. The molecule has 0 aliphatic heterocycles. The second-order valence-corrected chi connectivity index (χ2v) is 7.89. The van der Waals surface area contributed by atoms with E-state index in [0.717, 1.165) is 22.3 Å². The molecule has 0 radical (unpaired) electrons. The van der Waals surface area contributed by atoms with Crippen molar-refractivity contribution in [3.63, 3.8) is 0 Å². The van der Waals surface area contributed by atoms with Crippen LogP contribution in [0.5, 0.6) is 28.7 Å². The van der Waals surface area contributed by atoms with Crippen LogP contribution in [0.3, 0.4) is 0 Å². The maximum absolute atomic E-state index is 11.2. The first kappa shape index (κ1) is 21.1. The van der Waals surface area contributed by atoms with Gasteiger partial charge in [-0.15, -0.1) is 0 Å². The molecule has 162 valence electrons. The summed E-state index contributed by atoms with van der Waals surface area (Å²) in [6, 6.07) is 21.9. The van der Waals surface area contributed by atoms with Crippen LogP contribution in [0.1, 0.15) is 33.4 Å². The zero-order valence-electron chi connectivity index (χ0n) is 17.4. The van der Waals surface area contributed by atoms with Gasteiger partial charge in [0.15, 0.2) is 0 Å². The van der Waals surface area contributed by atoms with E-state index in [9.17, 15) is 25.5 Å². The summed E-state index contributed by atoms with van der Waals surface area (Å²) in [5.74, 6) is 0.521. The maximum Gasteiger partial charge on any atom is 0.126 e. The van der Waals surface area contributed by atoms with Crippen molar-refractivity contribution < 1.29 is 25.5 Å². The van der Waals surface area contributed by atoms with Crippen molar-refractivity contribution in [2.24, 2.45) is 0 Å². The fraction of sp³-hybridized carbons (Fsp3) is 0.111. The van der Waals surface area contributed by atoms with Gasteiger partial charge in [-0.1, -0.05) is 36.4 Å². The van der Waals surface area contributed by atoms with E-state index in [2.05, 4.69) is 0 Å². The fourth-order valence-electron chi connectivity index (χ4n) is 3.79. The summed E-state index contributed by atoms with van der Waals surface area (Å²) in [5.41, 5.74) is 4.56. The average molecular weight is 428 g/mol. The molecule has 0 amide bonds. The Morgan fingerprint density at radius 3 is 1.25 bits per heavy atom. The van der Waals surface area contributed by atoms with Gasteiger partial charge in [-0.05, 0) is 71.1 Å². The molecule has 0 unspecified atom stereocenters. The third-order valence-corrected chi connectivity index (χ3v) is 5.54. The zero-order valence-corrected chi connectivity index (χ0v) is 17.4. The molecule has 0 saturated carbocycles. The van der Waals surface area contributed by atoms with E-state index in [4.69, 9.17) is 0 Å². The highest BCUT2D eigenvalue weighted by molar-refractivity contribution is 5.57. The molecular formula is C27H24O5. The molecule has 0 aliphatic rings. The predicted octanol–water partition coefficient (Wildman–Crippen LogP) is 4.99. The second kappa shape index (κ2) is 8.94. The molecule has 5 heteroatoms. The standard InChI is InChI=1S/C27H24O5/c28-21-7-1-17(2-8-21)13-20-16-26(31)25(15-19-5-11-23(30)12-6-19)27(32)24(20)14-18-3-9-22(29)10-4-18/h1-12,16,28-32H,13-15H2. The lowest BCUT2D eigenvalue weighted by Crippen LogP contribution is -2.02. The minimum atomic E-state index is -0.00110. The molecule has 0 atom stereocenters. The number of phenolic OH excluding ortho intramolecular Hbond substituents is 5. The van der Waals surface area contributed by atoms with Crippen LogP contribution in [-0.2, 0) is 19.3 Å². The SMILES string of the molecule is Oc1ccc(Cc2cc(O)c(Cc3ccc(O)cc3)c(O)c2Cc2ccc(O)cc2)cc1. The molecule has 0 aliphatic carbocycles. The molecule has 0 heterocycles. The second-order valence-electron chi connectivity index (χ2n) is 7.89. The van der Waals surface area contributed by atoms with E-state index >= 15 is 0 Å². The van der Waals surface area contributed by atoms with Gasteiger partial charge in [-0.2, -0.15) is 0 Å². The molecule has 4 aromatic carbocycles. The molecule has 0 spiro atoms. The van der Waals surface area contributed by atoms with Crippen LogP contribution < -0.4 is 0 Å². The Kier molecular flexibility index (Phi) is 5.90. The zero-order chi connectivity index (χ0) is 22.7. The van der Waals surface area contributed by atoms with E-state index in [0.29, 0.717) is 30.4 Å². The van der Waals surface area contributed by atoms with E-state index in [1.807, 2.05) is 0 Å². The fourth-order valence-corrected chi connectivity index (χ4v) is 3.79. The van der Waals surface area contributed by atoms with Crippen molar-refractivity contribution in [2.45, 2.75) is 19.3 Å². The Morgan fingerprint density at radius 1 is 0.438 bits per heavy atom. The minimum Gasteiger partial charge on any atom is -0.508 e. The van der Waals surface area contributed by atoms with Gasteiger partial charge in [0, 0.05) is 24.0 Å². The maximum atomic E-state index is 11.2. The third-order valence-electron chi connectivity index (χ3n) is 5.54. The van der Waals surface area contributed by atoms with Crippen molar-refractivity contribution in [1.29, 1.82) is 0 Å². The van der Waals surface area contributed by atoms with E-state index in [1.54, 1.807) is 78.9 Å². The molecule has 0 aromatic heterocycles. The first-order valence-electron chi connectivity index (χ1n) is 10.3. The highest BCUT2D eigenvalue weighted by Gasteiger charge is 2.19. The van der Waals surface area contributed by atoms with Gasteiger partial charge in [-0.3, -0.25) is 0 Å². The summed E-state index contributed by atoms with van der Waals surface area (Å²) in [6.45, 7) is 0. The number of rotatable bonds is 6. The number of benzene rings is 4. The average Bonchev–Trinajstić information content (AvgIpc) is 2.78. The first-order chi connectivity index (χ1) is 15.4. The van der Waals surface area contributed by atoms with Gasteiger partial charge >= 0.3 is 0 Å². The molecule has 4 aromatic rings. The Morgan fingerprint density at radius 2 is 0.812 bits per heavy atom. The summed E-state index contributed by atoms with van der Waals surface area (Å²) in [6.07, 6.45) is 1.19. The molecule has 0 bridgehead atoms. The Hall–Kier alpha value is -4.12. The molecule has 32 heavy (non-hydrogen) atoms. The first-order valence-corrected chi connectivity index (χ1v) is 10.3. The lowest BCUT2D eigenvalue weighted by atomic mass is 9.90. The molecule has 5 nitrogen and oxygen atoms in total. The summed E-state index contributed by atoms with van der Waals surface area (Å²) in [5, 5.41) is 50.6. The molecule has 0 fully saturated rings. The number of phenols is 5. The quantitative estimate of drug-likeness (QED) is 0.298. The normalized spacial score (nSPS) is 10.9. The lowest BCUT2D eigenvalue weighted by Gasteiger charge is -2.18. The van der Waals surface area contributed by atoms with Gasteiger partial charge in [0.2, 0.25) is 0 Å². The number of hydrogen-bond donors (Lipinski definition) is 5. The van der Waals surface area contributed by atoms with Gasteiger partial charge in [0.05, 0.1) is 0 Å². The Balaban J connectivity index is 1.76. The van der Waals surface area contributed by atoms with Crippen LogP contribution >= 0.6 is 0 Å². The van der Waals surface area contributed by atoms with Crippen LogP contribution in [0.15, 0.2) is 78.9 Å². The predicted molar refractivity (Wildman–Crippen MR) is 123 cm³/mol. The van der Waals surface area contributed by atoms with Crippen LogP contribution in [0.25, 0.3) is 0 Å². The minimum absolute atomic E-state index is 0.00110. The molecule has 5 N–H and O–H groups in total. The Labute approximate surface area is 186 Å². The van der Waals surface area contributed by atoms with Crippen molar-refractivity contribution in [3.05, 3.63) is 112 Å². The number of aromatic hydroxyl groups is 5. The van der Waals surface area contributed by atoms with Crippen LogP contribution in [0, 0.1) is 0 Å². The van der Waals surface area contributed by atoms with E-state index in [-0.39, 0.29) is 28.7 Å². The third kappa shape index (κ3) is 4.78. The van der Waals surface area contributed by atoms with Crippen molar-refractivity contribution in [1.82, 2.24) is 0 Å². The smallest absolute Gasteiger partial charge is 0.126 e. The van der Waals surface area contributed by atoms with Crippen LogP contribution in [0.2, 0.25) is 0 Å². The van der Waals surface area contributed by atoms with Gasteiger partial charge in [-0.25, -0.2) is 0 Å². The molecule has 4 rings (SSSR count). The van der Waals surface area contributed by atoms with Crippen LogP contribution in [-0.4, -0.2) is 25.5 Å².